The molecule has 2 aromatic heterocycles. The van der Waals surface area contributed by atoms with Crippen LogP contribution in [0.4, 0.5) is 5.82 Å². The Kier molecular flexibility index (Phi) is 3.28. The van der Waals surface area contributed by atoms with Crippen LogP contribution in [0.1, 0.15) is 16.2 Å². The molecule has 88 valence electrons. The molecule has 0 atom stereocenters. The molecule has 2 heterocycles. The summed E-state index contributed by atoms with van der Waals surface area (Å²) in [6.07, 6.45) is 0. The molecule has 1 amide bonds. The van der Waals surface area contributed by atoms with Crippen molar-refractivity contribution in [2.75, 3.05) is 5.32 Å². The maximum Gasteiger partial charge on any atom is 0.273 e. The first-order valence-corrected chi connectivity index (χ1v) is 5.93. The van der Waals surface area contributed by atoms with Gasteiger partial charge in [0, 0.05) is 12.7 Å². The van der Waals surface area contributed by atoms with E-state index >= 15 is 0 Å². The van der Waals surface area contributed by atoms with E-state index in [9.17, 15) is 4.79 Å². The number of nitrogens with one attached hydrogen (secondary N) is 1. The van der Waals surface area contributed by atoms with E-state index in [0.29, 0.717) is 16.1 Å². The van der Waals surface area contributed by atoms with Gasteiger partial charge in [-0.25, -0.2) is 4.98 Å². The summed E-state index contributed by atoms with van der Waals surface area (Å²) >= 11 is 3.26. The van der Waals surface area contributed by atoms with Crippen molar-refractivity contribution in [3.05, 3.63) is 46.3 Å². The second-order valence-electron chi connectivity index (χ2n) is 3.72. The highest BCUT2D eigenvalue weighted by atomic mass is 79.9. The second kappa shape index (κ2) is 4.71. The summed E-state index contributed by atoms with van der Waals surface area (Å²) in [5, 5.41) is 2.75. The molecule has 0 aliphatic carbocycles. The van der Waals surface area contributed by atoms with Gasteiger partial charge in [0.05, 0.1) is 0 Å². The van der Waals surface area contributed by atoms with Gasteiger partial charge < -0.3 is 9.88 Å². The van der Waals surface area contributed by atoms with Gasteiger partial charge in [-0.05, 0) is 47.1 Å². The van der Waals surface area contributed by atoms with Gasteiger partial charge in [0.15, 0.2) is 0 Å². The number of hydrogen-bond acceptors (Lipinski definition) is 2. The summed E-state index contributed by atoms with van der Waals surface area (Å²) in [5.41, 5.74) is 1.65. The Balaban J connectivity index is 2.20. The number of carbonyl (C=O) groups is 1. The predicted molar refractivity (Wildman–Crippen MR) is 70.0 cm³/mol. The minimum absolute atomic E-state index is 0.161. The minimum Gasteiger partial charge on any atom is -0.344 e. The third-order valence-corrected chi connectivity index (χ3v) is 3.00. The SMILES string of the molecule is Cc1ccc(C(=O)Nc2cccc(Br)n2)n1C. The number of carbonyl (C=O) groups excluding carboxylic acids is 1. The van der Waals surface area contributed by atoms with Gasteiger partial charge >= 0.3 is 0 Å². The van der Waals surface area contributed by atoms with E-state index < -0.39 is 0 Å². The lowest BCUT2D eigenvalue weighted by atomic mass is 10.4. The molecular formula is C12H12BrN3O. The van der Waals surface area contributed by atoms with Gasteiger partial charge in [0.25, 0.3) is 5.91 Å². The van der Waals surface area contributed by atoms with Gasteiger partial charge in [-0.3, -0.25) is 4.79 Å². The highest BCUT2D eigenvalue weighted by Gasteiger charge is 2.11. The molecule has 0 spiro atoms. The molecule has 0 fully saturated rings. The lowest BCUT2D eigenvalue weighted by Crippen LogP contribution is -2.16. The molecule has 0 radical (unpaired) electrons. The topological polar surface area (TPSA) is 46.9 Å². The lowest BCUT2D eigenvalue weighted by Gasteiger charge is -2.06. The fourth-order valence-electron chi connectivity index (χ4n) is 1.50. The molecule has 17 heavy (non-hydrogen) atoms. The average Bonchev–Trinajstić information content (AvgIpc) is 2.60. The molecule has 2 aromatic rings. The maximum absolute atomic E-state index is 12.0. The highest BCUT2D eigenvalue weighted by Crippen LogP contribution is 2.12. The number of aromatic nitrogens is 2. The van der Waals surface area contributed by atoms with Crippen molar-refractivity contribution in [1.82, 2.24) is 9.55 Å². The van der Waals surface area contributed by atoms with E-state index in [2.05, 4.69) is 26.2 Å². The van der Waals surface area contributed by atoms with Crippen LogP contribution in [0, 0.1) is 6.92 Å². The van der Waals surface area contributed by atoms with Crippen molar-refractivity contribution in [3.8, 4) is 0 Å². The van der Waals surface area contributed by atoms with Crippen molar-refractivity contribution < 1.29 is 4.79 Å². The summed E-state index contributed by atoms with van der Waals surface area (Å²) in [6.45, 7) is 1.95. The van der Waals surface area contributed by atoms with Gasteiger partial charge in [-0.15, -0.1) is 0 Å². The fourth-order valence-corrected chi connectivity index (χ4v) is 1.84. The summed E-state index contributed by atoms with van der Waals surface area (Å²) in [7, 11) is 1.86. The Bertz CT molecular complexity index is 563. The van der Waals surface area contributed by atoms with Gasteiger partial charge in [-0.1, -0.05) is 6.07 Å². The fraction of sp³-hybridized carbons (Fsp3) is 0.167. The number of hydrogen-bond donors (Lipinski definition) is 1. The Labute approximate surface area is 108 Å². The number of anilines is 1. The molecule has 0 unspecified atom stereocenters. The van der Waals surface area contributed by atoms with Crippen LogP contribution in [0.15, 0.2) is 34.9 Å². The molecule has 0 bridgehead atoms. The van der Waals surface area contributed by atoms with E-state index in [4.69, 9.17) is 0 Å². The molecule has 0 aromatic carbocycles. The molecule has 2 rings (SSSR count). The first-order valence-electron chi connectivity index (χ1n) is 5.14. The quantitative estimate of drug-likeness (QED) is 0.866. The smallest absolute Gasteiger partial charge is 0.273 e. The number of aryl methyl sites for hydroxylation is 1. The number of nitrogens with zero attached hydrogens (tertiary/aromatic N) is 2. The molecule has 0 aliphatic heterocycles. The summed E-state index contributed by atoms with van der Waals surface area (Å²) in [5.74, 6) is 0.370. The lowest BCUT2D eigenvalue weighted by molar-refractivity contribution is 0.101. The van der Waals surface area contributed by atoms with Crippen LogP contribution in [-0.2, 0) is 7.05 Å². The Hall–Kier alpha value is -1.62. The van der Waals surface area contributed by atoms with Crippen molar-refractivity contribution in [2.24, 2.45) is 7.05 Å². The first kappa shape index (κ1) is 11.9. The number of pyridine rings is 1. The normalized spacial score (nSPS) is 10.3. The third-order valence-electron chi connectivity index (χ3n) is 2.56. The second-order valence-corrected chi connectivity index (χ2v) is 4.53. The zero-order valence-corrected chi connectivity index (χ0v) is 11.2. The van der Waals surface area contributed by atoms with Crippen molar-refractivity contribution in [3.63, 3.8) is 0 Å². The first-order chi connectivity index (χ1) is 8.08. The van der Waals surface area contributed by atoms with Gasteiger partial charge in [0.2, 0.25) is 0 Å². The van der Waals surface area contributed by atoms with Crippen molar-refractivity contribution in [2.45, 2.75) is 6.92 Å². The molecule has 0 saturated carbocycles. The van der Waals surface area contributed by atoms with E-state index in [1.807, 2.05) is 36.7 Å². The minimum atomic E-state index is -0.161. The third kappa shape index (κ3) is 2.55. The molecule has 0 aliphatic rings. The molecular weight excluding hydrogens is 282 g/mol. The monoisotopic (exact) mass is 293 g/mol. The Morgan fingerprint density at radius 1 is 1.35 bits per heavy atom. The van der Waals surface area contributed by atoms with Crippen LogP contribution in [0.3, 0.4) is 0 Å². The zero-order chi connectivity index (χ0) is 12.4. The molecule has 0 saturated heterocycles. The van der Waals surface area contributed by atoms with Crippen LogP contribution in [-0.4, -0.2) is 15.5 Å². The average molecular weight is 294 g/mol. The number of rotatable bonds is 2. The van der Waals surface area contributed by atoms with Gasteiger partial charge in [0.1, 0.15) is 16.1 Å². The van der Waals surface area contributed by atoms with Crippen LogP contribution in [0.2, 0.25) is 0 Å². The molecule has 5 heteroatoms. The van der Waals surface area contributed by atoms with E-state index in [-0.39, 0.29) is 5.91 Å². The van der Waals surface area contributed by atoms with E-state index in [1.54, 1.807) is 12.1 Å². The molecule has 1 N–H and O–H groups in total. The summed E-state index contributed by atoms with van der Waals surface area (Å²) < 4.78 is 2.53. The van der Waals surface area contributed by atoms with Crippen LogP contribution < -0.4 is 5.32 Å². The van der Waals surface area contributed by atoms with Crippen LogP contribution >= 0.6 is 15.9 Å². The van der Waals surface area contributed by atoms with Crippen LogP contribution in [0.25, 0.3) is 0 Å². The largest absolute Gasteiger partial charge is 0.344 e. The number of halogens is 1. The van der Waals surface area contributed by atoms with Crippen molar-refractivity contribution in [1.29, 1.82) is 0 Å². The highest BCUT2D eigenvalue weighted by molar-refractivity contribution is 9.10. The maximum atomic E-state index is 12.0. The van der Waals surface area contributed by atoms with Crippen LogP contribution in [0.5, 0.6) is 0 Å². The predicted octanol–water partition coefficient (Wildman–Crippen LogP) is 2.74. The van der Waals surface area contributed by atoms with E-state index in [1.165, 1.54) is 0 Å². The van der Waals surface area contributed by atoms with Crippen molar-refractivity contribution >= 4 is 27.7 Å². The Morgan fingerprint density at radius 2 is 2.12 bits per heavy atom. The summed E-state index contributed by atoms with van der Waals surface area (Å²) in [6, 6.07) is 9.08. The van der Waals surface area contributed by atoms with E-state index in [0.717, 1.165) is 5.69 Å². The Morgan fingerprint density at radius 3 is 2.71 bits per heavy atom. The number of amides is 1. The van der Waals surface area contributed by atoms with Gasteiger partial charge in [-0.2, -0.15) is 0 Å². The summed E-state index contributed by atoms with van der Waals surface area (Å²) in [4.78, 5) is 16.1. The zero-order valence-electron chi connectivity index (χ0n) is 9.57. The molecule has 4 nitrogen and oxygen atoms in total. The standard InChI is InChI=1S/C12H12BrN3O/c1-8-6-7-9(16(8)2)12(17)15-11-5-3-4-10(13)14-11/h3-7H,1-2H3,(H,14,15,17).